The third-order valence-electron chi connectivity index (χ3n) is 3.95. The lowest BCUT2D eigenvalue weighted by Crippen LogP contribution is -2.38. The highest BCUT2D eigenvalue weighted by atomic mass is 127. The Morgan fingerprint density at radius 1 is 1.38 bits per heavy atom. The minimum atomic E-state index is -0.666. The predicted molar refractivity (Wildman–Crippen MR) is 141 cm³/mol. The molecular formula is C18H19ClI2NO4PS2. The van der Waals surface area contributed by atoms with Crippen LogP contribution in [0.25, 0.3) is 0 Å². The van der Waals surface area contributed by atoms with E-state index in [4.69, 9.17) is 21.1 Å². The summed E-state index contributed by atoms with van der Waals surface area (Å²) < 4.78 is 9.94. The maximum atomic E-state index is 12.6. The van der Waals surface area contributed by atoms with Gasteiger partial charge in [0.05, 0.1) is 16.1 Å². The average Bonchev–Trinajstić information content (AvgIpc) is 2.68. The van der Waals surface area contributed by atoms with Crippen LogP contribution in [0.15, 0.2) is 46.9 Å². The number of rotatable bonds is 8. The molecule has 1 aromatic rings. The third-order valence-corrected chi connectivity index (χ3v) is 16.6. The molecule has 0 amide bonds. The number of halogens is 3. The Bertz CT molecular complexity index is 810. The molecule has 2 rings (SSSR count). The summed E-state index contributed by atoms with van der Waals surface area (Å²) >= 11 is 11.2. The molecule has 0 unspecified atom stereocenters. The van der Waals surface area contributed by atoms with Gasteiger partial charge < -0.3 is 9.47 Å². The number of nitrogens with zero attached hydrogens (tertiary/aromatic N) is 1. The van der Waals surface area contributed by atoms with Crippen LogP contribution in [0.4, 0.5) is 0 Å². The highest BCUT2D eigenvalue weighted by Gasteiger charge is 2.33. The second-order valence-corrected chi connectivity index (χ2v) is 25.9. The van der Waals surface area contributed by atoms with Crippen molar-refractivity contribution in [1.29, 1.82) is 0 Å². The molecule has 0 N–H and O–H groups in total. The first-order chi connectivity index (χ1) is 13.9. The van der Waals surface area contributed by atoms with Gasteiger partial charge in [0, 0.05) is 29.1 Å². The summed E-state index contributed by atoms with van der Waals surface area (Å²) in [4.78, 5) is 27.7. The van der Waals surface area contributed by atoms with Gasteiger partial charge in [-0.1, -0.05) is 46.7 Å². The van der Waals surface area contributed by atoms with E-state index >= 15 is 0 Å². The van der Waals surface area contributed by atoms with Crippen molar-refractivity contribution in [2.75, 3.05) is 26.8 Å². The molecule has 0 saturated heterocycles. The van der Waals surface area contributed by atoms with Crippen molar-refractivity contribution in [2.24, 2.45) is 0 Å². The topological polar surface area (TPSA) is 55.8 Å². The Kier molecular flexibility index (Phi) is 11.6. The summed E-state index contributed by atoms with van der Waals surface area (Å²) in [5.41, 5.74) is 1.50. The molecule has 11 heteroatoms. The smallest absolute Gasteiger partial charge is 0.331 e. The number of methoxy groups -OCH3 is 1. The average molecular weight is 698 g/mol. The molecule has 0 bridgehead atoms. The third kappa shape index (κ3) is 7.84. The minimum absolute atomic E-state index is 0.218. The first-order valence-corrected chi connectivity index (χ1v) is 18.5. The van der Waals surface area contributed by atoms with Gasteiger partial charge in [0.1, 0.15) is 6.04 Å². The molecule has 29 heavy (non-hydrogen) atoms. The van der Waals surface area contributed by atoms with E-state index < -0.39 is 12.0 Å². The van der Waals surface area contributed by atoms with E-state index in [0.29, 0.717) is 30.3 Å². The van der Waals surface area contributed by atoms with E-state index in [1.165, 1.54) is 13.2 Å². The lowest BCUT2D eigenvalue weighted by molar-refractivity contribution is -0.147. The standard InChI is InChI=1S/C18H19ClI2NO4PS2/c1-3-26-16(23)10-12-11-22(9-8-15(12)28-29-27(20)21)17(18(24)25-2)13-6-4-5-7-14(13)19/h4-8,10,17H,3,9,11H2,1-2H3/b12-10+/t17-/m0/s1. The van der Waals surface area contributed by atoms with Crippen molar-refractivity contribution in [1.82, 2.24) is 4.90 Å². The van der Waals surface area contributed by atoms with Gasteiger partial charge in [-0.25, -0.2) is 9.59 Å². The molecule has 1 aliphatic rings. The van der Waals surface area contributed by atoms with Crippen LogP contribution in [0, 0.1) is 0 Å². The second-order valence-electron chi connectivity index (χ2n) is 5.73. The van der Waals surface area contributed by atoms with Gasteiger partial charge in [-0.05, 0) is 78.6 Å². The number of esters is 2. The maximum absolute atomic E-state index is 12.6. The summed E-state index contributed by atoms with van der Waals surface area (Å²) in [6, 6.07) is 6.57. The van der Waals surface area contributed by atoms with Gasteiger partial charge in [0.15, 0.2) is 0 Å². The predicted octanol–water partition coefficient (Wildman–Crippen LogP) is 6.72. The highest BCUT2D eigenvalue weighted by molar-refractivity contribution is 14.3. The molecule has 1 heterocycles. The number of ether oxygens (including phenoxy) is 2. The molecule has 0 fully saturated rings. The van der Waals surface area contributed by atoms with Crippen LogP contribution < -0.4 is 0 Å². The fourth-order valence-electron chi connectivity index (χ4n) is 2.77. The first-order valence-electron chi connectivity index (χ1n) is 8.47. The van der Waals surface area contributed by atoms with Crippen LogP contribution in [0.5, 0.6) is 0 Å². The maximum Gasteiger partial charge on any atom is 0.331 e. The molecule has 0 saturated carbocycles. The van der Waals surface area contributed by atoms with Crippen LogP contribution in [0.2, 0.25) is 5.02 Å². The lowest BCUT2D eigenvalue weighted by atomic mass is 10.0. The summed E-state index contributed by atoms with van der Waals surface area (Å²) in [5.74, 6) is -0.782. The van der Waals surface area contributed by atoms with Crippen LogP contribution >= 0.6 is 79.3 Å². The van der Waals surface area contributed by atoms with E-state index in [9.17, 15) is 9.59 Å². The molecule has 0 aliphatic carbocycles. The molecule has 0 aromatic heterocycles. The molecule has 0 spiro atoms. The number of benzene rings is 1. The highest BCUT2D eigenvalue weighted by Crippen LogP contribution is 2.70. The van der Waals surface area contributed by atoms with Crippen molar-refractivity contribution in [2.45, 2.75) is 13.0 Å². The van der Waals surface area contributed by atoms with E-state index in [1.54, 1.807) is 34.2 Å². The Labute approximate surface area is 210 Å². The van der Waals surface area contributed by atoms with E-state index in [1.807, 2.05) is 29.2 Å². The van der Waals surface area contributed by atoms with Crippen molar-refractivity contribution in [3.8, 4) is 0 Å². The first kappa shape index (κ1) is 25.7. The van der Waals surface area contributed by atoms with Gasteiger partial charge in [0.2, 0.25) is 0 Å². The quantitative estimate of drug-likeness (QED) is 0.0984. The van der Waals surface area contributed by atoms with Crippen LogP contribution in [0.3, 0.4) is 0 Å². The molecule has 1 aliphatic heterocycles. The Morgan fingerprint density at radius 3 is 2.72 bits per heavy atom. The molecular weight excluding hydrogens is 679 g/mol. The van der Waals surface area contributed by atoms with Crippen LogP contribution in [-0.4, -0.2) is 43.6 Å². The molecule has 1 aromatic carbocycles. The van der Waals surface area contributed by atoms with Gasteiger partial charge in [0.25, 0.3) is 0 Å². The fourth-order valence-corrected chi connectivity index (χ4v) is 10.0. The minimum Gasteiger partial charge on any atom is -0.468 e. The zero-order valence-electron chi connectivity index (χ0n) is 15.6. The van der Waals surface area contributed by atoms with Crippen molar-refractivity contribution < 1.29 is 19.1 Å². The molecule has 1 atom stereocenters. The largest absolute Gasteiger partial charge is 0.468 e. The Balaban J connectivity index is 2.38. The van der Waals surface area contributed by atoms with E-state index in [-0.39, 0.29) is 8.38 Å². The van der Waals surface area contributed by atoms with Crippen LogP contribution in [0.1, 0.15) is 18.5 Å². The van der Waals surface area contributed by atoms with Crippen molar-refractivity contribution >= 4 is 91.2 Å². The summed E-state index contributed by atoms with van der Waals surface area (Å²) in [6.45, 7) is 3.03. The number of hydrogen-bond acceptors (Lipinski definition) is 7. The molecule has 158 valence electrons. The molecule has 0 radical (unpaired) electrons. The number of carbonyl (C=O) groups excluding carboxylic acids is 2. The van der Waals surface area contributed by atoms with Crippen molar-refractivity contribution in [3.63, 3.8) is 0 Å². The summed E-state index contributed by atoms with van der Waals surface area (Å²) in [7, 11) is 4.77. The SMILES string of the molecule is CCOC(=O)/C=C1\CN([C@H](C(=O)OC)c2ccccc2Cl)CC=C1SSP(I)I. The van der Waals surface area contributed by atoms with Crippen LogP contribution in [-0.2, 0) is 19.1 Å². The normalized spacial score (nSPS) is 17.2. The van der Waals surface area contributed by atoms with Gasteiger partial charge in [-0.3, -0.25) is 4.90 Å². The number of carbonyl (C=O) groups is 2. The number of hydrogen-bond donors (Lipinski definition) is 0. The second kappa shape index (κ2) is 13.1. The monoisotopic (exact) mass is 697 g/mol. The molecule has 5 nitrogen and oxygen atoms in total. The lowest BCUT2D eigenvalue weighted by Gasteiger charge is -2.34. The van der Waals surface area contributed by atoms with Gasteiger partial charge in [-0.15, -0.1) is 0 Å². The van der Waals surface area contributed by atoms with Crippen molar-refractivity contribution in [3.05, 3.63) is 57.5 Å². The van der Waals surface area contributed by atoms with Gasteiger partial charge >= 0.3 is 11.9 Å². The van der Waals surface area contributed by atoms with E-state index in [2.05, 4.69) is 44.1 Å². The Hall–Kier alpha value is 0.480. The summed E-state index contributed by atoms with van der Waals surface area (Å²) in [6.07, 6.45) is 3.55. The zero-order chi connectivity index (χ0) is 21.4. The Morgan fingerprint density at radius 2 is 2.10 bits per heavy atom. The fraction of sp³-hybridized carbons (Fsp3) is 0.333. The summed E-state index contributed by atoms with van der Waals surface area (Å²) in [5, 5.41) is 0.499. The van der Waals surface area contributed by atoms with E-state index in [0.717, 1.165) is 10.5 Å². The van der Waals surface area contributed by atoms with Gasteiger partial charge in [-0.2, -0.15) is 0 Å². The zero-order valence-corrected chi connectivity index (χ0v) is 23.2.